The number of rotatable bonds is 3. The molecule has 0 radical (unpaired) electrons. The summed E-state index contributed by atoms with van der Waals surface area (Å²) in [6.45, 7) is 0. The zero-order valence-electron chi connectivity index (χ0n) is 9.65. The molecule has 2 rings (SSSR count). The van der Waals surface area contributed by atoms with Gasteiger partial charge in [0, 0.05) is 12.7 Å². The van der Waals surface area contributed by atoms with E-state index in [2.05, 4.69) is 5.32 Å². The summed E-state index contributed by atoms with van der Waals surface area (Å²) < 4.78 is 5.05. The summed E-state index contributed by atoms with van der Waals surface area (Å²) in [6, 6.07) is 4.40. The number of nitro benzene ring substituents is 1. The number of hydrogen-bond acceptors (Lipinski definition) is 4. The van der Waals surface area contributed by atoms with Gasteiger partial charge in [0.05, 0.1) is 10.5 Å². The van der Waals surface area contributed by atoms with Crippen LogP contribution < -0.4 is 5.32 Å². The summed E-state index contributed by atoms with van der Waals surface area (Å²) in [6.07, 6.45) is -0.836. The van der Waals surface area contributed by atoms with Gasteiger partial charge in [0.2, 0.25) is 0 Å². The van der Waals surface area contributed by atoms with Crippen LogP contribution >= 0.6 is 23.2 Å². The van der Waals surface area contributed by atoms with E-state index in [1.54, 1.807) is 0 Å². The monoisotopic (exact) mass is 302 g/mol. The van der Waals surface area contributed by atoms with Gasteiger partial charge in [0.15, 0.2) is 6.23 Å². The SMILES string of the molecule is COC1NC(=O)C(Cl)=C1c1cccc(Cl)c1[N+](=O)[O-]. The van der Waals surface area contributed by atoms with Crippen molar-refractivity contribution in [1.29, 1.82) is 0 Å². The number of hydrogen-bond donors (Lipinski definition) is 1. The normalized spacial score (nSPS) is 18.7. The van der Waals surface area contributed by atoms with Gasteiger partial charge in [0.1, 0.15) is 10.1 Å². The smallest absolute Gasteiger partial charge is 0.295 e. The van der Waals surface area contributed by atoms with E-state index in [0.717, 1.165) is 0 Å². The van der Waals surface area contributed by atoms with Gasteiger partial charge in [-0.1, -0.05) is 29.3 Å². The zero-order valence-corrected chi connectivity index (χ0v) is 11.2. The molecule has 0 aliphatic carbocycles. The number of ether oxygens (including phenoxy) is 1. The summed E-state index contributed by atoms with van der Waals surface area (Å²) in [4.78, 5) is 22.0. The van der Waals surface area contributed by atoms with Crippen molar-refractivity contribution in [2.75, 3.05) is 7.11 Å². The van der Waals surface area contributed by atoms with E-state index in [-0.39, 0.29) is 26.9 Å². The molecule has 0 saturated heterocycles. The quantitative estimate of drug-likeness (QED) is 0.686. The minimum absolute atomic E-state index is 0.0336. The van der Waals surface area contributed by atoms with E-state index in [1.807, 2.05) is 0 Å². The van der Waals surface area contributed by atoms with E-state index in [0.29, 0.717) is 0 Å². The van der Waals surface area contributed by atoms with Crippen LogP contribution in [0.5, 0.6) is 0 Å². The molecule has 0 saturated carbocycles. The highest BCUT2D eigenvalue weighted by atomic mass is 35.5. The van der Waals surface area contributed by atoms with Gasteiger partial charge in [-0.15, -0.1) is 0 Å². The minimum Gasteiger partial charge on any atom is -0.357 e. The Hall–Kier alpha value is -1.63. The Morgan fingerprint density at radius 1 is 1.42 bits per heavy atom. The van der Waals surface area contributed by atoms with Crippen molar-refractivity contribution in [2.24, 2.45) is 0 Å². The van der Waals surface area contributed by atoms with Gasteiger partial charge < -0.3 is 10.1 Å². The molecule has 1 amide bonds. The van der Waals surface area contributed by atoms with E-state index in [1.165, 1.54) is 25.3 Å². The minimum atomic E-state index is -0.836. The molecule has 100 valence electrons. The van der Waals surface area contributed by atoms with Gasteiger partial charge in [-0.05, 0) is 12.1 Å². The van der Waals surface area contributed by atoms with Crippen LogP contribution in [-0.4, -0.2) is 24.2 Å². The molecule has 1 unspecified atom stereocenters. The van der Waals surface area contributed by atoms with E-state index in [9.17, 15) is 14.9 Å². The second-order valence-corrected chi connectivity index (χ2v) is 4.50. The zero-order chi connectivity index (χ0) is 14.2. The third-order valence-electron chi connectivity index (χ3n) is 2.66. The average Bonchev–Trinajstić information content (AvgIpc) is 2.64. The number of carbonyl (C=O) groups is 1. The standard InChI is InChI=1S/C11H8Cl2N2O4/c1-19-11-7(8(13)10(16)14-11)5-3-2-4-6(12)9(5)15(17)18/h2-4,11H,1H3,(H,14,16). The number of carbonyl (C=O) groups excluding carboxylic acids is 1. The highest BCUT2D eigenvalue weighted by Crippen LogP contribution is 2.38. The molecule has 0 spiro atoms. The Morgan fingerprint density at radius 3 is 2.68 bits per heavy atom. The molecular weight excluding hydrogens is 295 g/mol. The van der Waals surface area contributed by atoms with Crippen LogP contribution in [0.3, 0.4) is 0 Å². The molecule has 0 bridgehead atoms. The van der Waals surface area contributed by atoms with Crippen LogP contribution in [0.1, 0.15) is 5.56 Å². The number of nitrogens with one attached hydrogen (secondary N) is 1. The Labute approximate surface area is 118 Å². The number of nitrogens with zero attached hydrogens (tertiary/aromatic N) is 1. The number of nitro groups is 1. The molecule has 1 atom stereocenters. The fourth-order valence-electron chi connectivity index (χ4n) is 1.85. The molecule has 0 fully saturated rings. The predicted octanol–water partition coefficient (Wildman–Crippen LogP) is 2.30. The summed E-state index contributed by atoms with van der Waals surface area (Å²) in [5, 5.41) is 13.4. The fraction of sp³-hybridized carbons (Fsp3) is 0.182. The molecule has 1 heterocycles. The maximum absolute atomic E-state index is 11.5. The summed E-state index contributed by atoms with van der Waals surface area (Å²) >= 11 is 11.7. The van der Waals surface area contributed by atoms with Gasteiger partial charge in [0.25, 0.3) is 11.6 Å². The number of halogens is 2. The summed E-state index contributed by atoms with van der Waals surface area (Å²) in [5.74, 6) is -0.544. The first-order chi connectivity index (χ1) is 8.97. The highest BCUT2D eigenvalue weighted by Gasteiger charge is 2.35. The Balaban J connectivity index is 2.68. The topological polar surface area (TPSA) is 81.5 Å². The van der Waals surface area contributed by atoms with E-state index >= 15 is 0 Å². The van der Waals surface area contributed by atoms with Crippen LogP contribution in [0, 0.1) is 10.1 Å². The molecule has 19 heavy (non-hydrogen) atoms. The number of methoxy groups -OCH3 is 1. The second-order valence-electron chi connectivity index (χ2n) is 3.71. The molecule has 1 N–H and O–H groups in total. The molecular formula is C11H8Cl2N2O4. The van der Waals surface area contributed by atoms with Crippen molar-refractivity contribution in [1.82, 2.24) is 5.32 Å². The van der Waals surface area contributed by atoms with E-state index in [4.69, 9.17) is 27.9 Å². The van der Waals surface area contributed by atoms with Crippen LogP contribution in [0.2, 0.25) is 5.02 Å². The van der Waals surface area contributed by atoms with Crippen LogP contribution in [0.15, 0.2) is 23.2 Å². The van der Waals surface area contributed by atoms with Gasteiger partial charge in [-0.2, -0.15) is 0 Å². The Morgan fingerprint density at radius 2 is 2.11 bits per heavy atom. The number of para-hydroxylation sites is 1. The van der Waals surface area contributed by atoms with Gasteiger partial charge in [-0.25, -0.2) is 0 Å². The highest BCUT2D eigenvalue weighted by molar-refractivity contribution is 6.47. The lowest BCUT2D eigenvalue weighted by Crippen LogP contribution is -2.29. The van der Waals surface area contributed by atoms with Crippen molar-refractivity contribution in [3.63, 3.8) is 0 Å². The predicted molar refractivity (Wildman–Crippen MR) is 69.8 cm³/mol. The molecule has 1 aliphatic heterocycles. The number of benzene rings is 1. The fourth-order valence-corrected chi connectivity index (χ4v) is 2.35. The van der Waals surface area contributed by atoms with Crippen molar-refractivity contribution in [3.8, 4) is 0 Å². The first-order valence-electron chi connectivity index (χ1n) is 5.14. The third kappa shape index (κ3) is 2.30. The van der Waals surface area contributed by atoms with Crippen LogP contribution in [-0.2, 0) is 9.53 Å². The lowest BCUT2D eigenvalue weighted by atomic mass is 10.0. The van der Waals surface area contributed by atoms with Crippen molar-refractivity contribution >= 4 is 40.4 Å². The molecule has 1 aliphatic rings. The second kappa shape index (κ2) is 5.16. The molecule has 6 nitrogen and oxygen atoms in total. The summed E-state index contributed by atoms with van der Waals surface area (Å²) in [7, 11) is 1.36. The van der Waals surface area contributed by atoms with Crippen molar-refractivity contribution < 1.29 is 14.5 Å². The number of amides is 1. The van der Waals surface area contributed by atoms with Crippen molar-refractivity contribution in [3.05, 3.63) is 43.9 Å². The van der Waals surface area contributed by atoms with E-state index < -0.39 is 17.1 Å². The van der Waals surface area contributed by atoms with Gasteiger partial charge in [-0.3, -0.25) is 14.9 Å². The maximum Gasteiger partial charge on any atom is 0.295 e. The Bertz CT molecular complexity index is 600. The van der Waals surface area contributed by atoms with Crippen LogP contribution in [0.25, 0.3) is 5.57 Å². The molecule has 1 aromatic carbocycles. The maximum atomic E-state index is 11.5. The van der Waals surface area contributed by atoms with Gasteiger partial charge >= 0.3 is 0 Å². The van der Waals surface area contributed by atoms with Crippen LogP contribution in [0.4, 0.5) is 5.69 Å². The largest absolute Gasteiger partial charge is 0.357 e. The molecule has 1 aromatic rings. The first-order valence-corrected chi connectivity index (χ1v) is 5.89. The first kappa shape index (κ1) is 13.8. The van der Waals surface area contributed by atoms with Crippen molar-refractivity contribution in [2.45, 2.75) is 6.23 Å². The Kier molecular flexibility index (Phi) is 3.75. The molecule has 8 heteroatoms. The average molecular weight is 303 g/mol. The lowest BCUT2D eigenvalue weighted by Gasteiger charge is -2.13. The third-order valence-corrected chi connectivity index (χ3v) is 3.34. The lowest BCUT2D eigenvalue weighted by molar-refractivity contribution is -0.385. The summed E-state index contributed by atoms with van der Waals surface area (Å²) in [5.41, 5.74) is 0.0620. The molecule has 0 aromatic heterocycles.